The van der Waals surface area contributed by atoms with Gasteiger partial charge in [0.1, 0.15) is 12.1 Å². The lowest BCUT2D eigenvalue weighted by molar-refractivity contribution is -0.134. The highest BCUT2D eigenvalue weighted by Gasteiger charge is 2.56. The highest BCUT2D eigenvalue weighted by molar-refractivity contribution is 7.17. The Hall–Kier alpha value is -2.26. The van der Waals surface area contributed by atoms with E-state index in [0.717, 1.165) is 28.3 Å². The number of thiophene rings is 1. The maximum Gasteiger partial charge on any atom is 0.325 e. The van der Waals surface area contributed by atoms with Crippen LogP contribution in [0.3, 0.4) is 0 Å². The number of thiazole rings is 1. The van der Waals surface area contributed by atoms with Crippen molar-refractivity contribution < 1.29 is 14.4 Å². The van der Waals surface area contributed by atoms with E-state index in [9.17, 15) is 14.4 Å². The smallest absolute Gasteiger partial charge is 0.323 e. The number of nitrogens with zero attached hydrogens (tertiary/aromatic N) is 2. The molecule has 7 nitrogen and oxygen atoms in total. The van der Waals surface area contributed by atoms with Crippen LogP contribution in [-0.4, -0.2) is 39.8 Å². The van der Waals surface area contributed by atoms with Crippen molar-refractivity contribution in [3.63, 3.8) is 0 Å². The fourth-order valence-corrected chi connectivity index (χ4v) is 4.75. The second-order valence-electron chi connectivity index (χ2n) is 6.79. The molecule has 0 bridgehead atoms. The summed E-state index contributed by atoms with van der Waals surface area (Å²) in [5, 5.41) is 7.74. The highest BCUT2D eigenvalue weighted by atomic mass is 32.1. The predicted molar refractivity (Wildman–Crippen MR) is 100 cm³/mol. The standard InChI is InChI=1S/C17H18N4O3S2/c1-9-3-6-12(26-9)11-8-25-15(18-11)19-13(22)7-21-14(23)17(2,10-4-5-10)20-16(21)24/h3,6,8,10H,4-5,7H2,1-2H3,(H,20,24)(H,18,19,22). The zero-order valence-electron chi connectivity index (χ0n) is 14.4. The summed E-state index contributed by atoms with van der Waals surface area (Å²) in [6.45, 7) is 3.45. The summed E-state index contributed by atoms with van der Waals surface area (Å²) in [4.78, 5) is 44.6. The number of hydrogen-bond donors (Lipinski definition) is 2. The quantitative estimate of drug-likeness (QED) is 0.768. The molecule has 0 spiro atoms. The summed E-state index contributed by atoms with van der Waals surface area (Å²) in [7, 11) is 0. The summed E-state index contributed by atoms with van der Waals surface area (Å²) < 4.78 is 0. The summed E-state index contributed by atoms with van der Waals surface area (Å²) in [6.07, 6.45) is 1.85. The summed E-state index contributed by atoms with van der Waals surface area (Å²) in [5.41, 5.74) is -0.0670. The van der Waals surface area contributed by atoms with Gasteiger partial charge in [-0.3, -0.25) is 14.5 Å². The van der Waals surface area contributed by atoms with Gasteiger partial charge in [0.05, 0.1) is 10.6 Å². The number of aryl methyl sites for hydroxylation is 1. The van der Waals surface area contributed by atoms with E-state index in [1.165, 1.54) is 16.2 Å². The second-order valence-corrected chi connectivity index (χ2v) is 8.94. The van der Waals surface area contributed by atoms with Crippen molar-refractivity contribution in [2.45, 2.75) is 32.2 Å². The number of carbonyl (C=O) groups is 3. The SMILES string of the molecule is Cc1ccc(-c2csc(NC(=O)CN3C(=O)NC(C)(C4CC4)C3=O)n2)s1. The minimum atomic E-state index is -0.872. The van der Waals surface area contributed by atoms with Gasteiger partial charge in [0, 0.05) is 10.3 Å². The molecule has 4 amide bonds. The second kappa shape index (κ2) is 6.17. The molecule has 2 aliphatic rings. The zero-order valence-corrected chi connectivity index (χ0v) is 16.0. The molecule has 3 heterocycles. The molecule has 1 aliphatic carbocycles. The van der Waals surface area contributed by atoms with Gasteiger partial charge in [0.2, 0.25) is 5.91 Å². The van der Waals surface area contributed by atoms with Crippen LogP contribution in [0.2, 0.25) is 0 Å². The van der Waals surface area contributed by atoms with Crippen molar-refractivity contribution in [2.24, 2.45) is 5.92 Å². The van der Waals surface area contributed by atoms with Gasteiger partial charge in [-0.15, -0.1) is 22.7 Å². The van der Waals surface area contributed by atoms with E-state index >= 15 is 0 Å². The molecule has 1 unspecified atom stereocenters. The predicted octanol–water partition coefficient (Wildman–Crippen LogP) is 2.84. The fourth-order valence-electron chi connectivity index (χ4n) is 3.12. The Morgan fingerprint density at radius 3 is 2.85 bits per heavy atom. The normalized spacial score (nSPS) is 22.6. The van der Waals surface area contributed by atoms with Gasteiger partial charge in [0.15, 0.2) is 5.13 Å². The van der Waals surface area contributed by atoms with E-state index in [2.05, 4.69) is 15.6 Å². The van der Waals surface area contributed by atoms with Gasteiger partial charge in [-0.2, -0.15) is 0 Å². The van der Waals surface area contributed by atoms with Crippen molar-refractivity contribution in [1.82, 2.24) is 15.2 Å². The average molecular weight is 390 g/mol. The number of hydrogen-bond acceptors (Lipinski definition) is 6. The third kappa shape index (κ3) is 3.01. The molecule has 2 N–H and O–H groups in total. The molecule has 1 atom stereocenters. The van der Waals surface area contributed by atoms with E-state index in [4.69, 9.17) is 0 Å². The topological polar surface area (TPSA) is 91.4 Å². The number of amides is 4. The van der Waals surface area contributed by atoms with Crippen molar-refractivity contribution in [3.8, 4) is 10.6 Å². The molecule has 2 aromatic rings. The Morgan fingerprint density at radius 2 is 2.19 bits per heavy atom. The molecule has 2 fully saturated rings. The molecular formula is C17H18N4O3S2. The van der Waals surface area contributed by atoms with E-state index < -0.39 is 17.5 Å². The van der Waals surface area contributed by atoms with Crippen LogP contribution in [0.25, 0.3) is 10.6 Å². The summed E-state index contributed by atoms with van der Waals surface area (Å²) in [5.74, 6) is -0.589. The molecule has 1 aliphatic heterocycles. The van der Waals surface area contributed by atoms with E-state index in [0.29, 0.717) is 5.13 Å². The van der Waals surface area contributed by atoms with E-state index in [1.54, 1.807) is 18.3 Å². The van der Waals surface area contributed by atoms with Crippen LogP contribution in [0, 0.1) is 12.8 Å². The van der Waals surface area contributed by atoms with Gasteiger partial charge in [-0.1, -0.05) is 0 Å². The molecule has 9 heteroatoms. The summed E-state index contributed by atoms with van der Waals surface area (Å²) >= 11 is 2.95. The number of rotatable bonds is 5. The molecule has 1 saturated heterocycles. The molecule has 0 radical (unpaired) electrons. The lowest BCUT2D eigenvalue weighted by Gasteiger charge is -2.20. The van der Waals surface area contributed by atoms with E-state index in [-0.39, 0.29) is 18.4 Å². The van der Waals surface area contributed by atoms with Gasteiger partial charge < -0.3 is 10.6 Å². The molecule has 26 heavy (non-hydrogen) atoms. The van der Waals surface area contributed by atoms with Crippen molar-refractivity contribution >= 4 is 45.7 Å². The van der Waals surface area contributed by atoms with Gasteiger partial charge in [0.25, 0.3) is 5.91 Å². The van der Waals surface area contributed by atoms with Gasteiger partial charge in [-0.05, 0) is 44.7 Å². The maximum absolute atomic E-state index is 12.5. The molecule has 0 aromatic carbocycles. The summed E-state index contributed by atoms with van der Waals surface area (Å²) in [6, 6.07) is 3.51. The lowest BCUT2D eigenvalue weighted by Crippen LogP contribution is -2.46. The highest BCUT2D eigenvalue weighted by Crippen LogP contribution is 2.42. The van der Waals surface area contributed by atoms with Gasteiger partial charge >= 0.3 is 6.03 Å². The Balaban J connectivity index is 1.41. The molecule has 2 aromatic heterocycles. The van der Waals surface area contributed by atoms with Crippen LogP contribution >= 0.6 is 22.7 Å². The number of imide groups is 1. The van der Waals surface area contributed by atoms with Crippen molar-refractivity contribution in [3.05, 3.63) is 22.4 Å². The Labute approximate surface area is 158 Å². The number of urea groups is 1. The number of carbonyl (C=O) groups excluding carboxylic acids is 3. The fraction of sp³-hybridized carbons (Fsp3) is 0.412. The van der Waals surface area contributed by atoms with Crippen LogP contribution in [0.15, 0.2) is 17.5 Å². The Bertz CT molecular complexity index is 901. The van der Waals surface area contributed by atoms with Gasteiger partial charge in [-0.25, -0.2) is 9.78 Å². The largest absolute Gasteiger partial charge is 0.325 e. The van der Waals surface area contributed by atoms with Crippen LogP contribution in [-0.2, 0) is 9.59 Å². The molecular weight excluding hydrogens is 372 g/mol. The van der Waals surface area contributed by atoms with Crippen LogP contribution < -0.4 is 10.6 Å². The zero-order chi connectivity index (χ0) is 18.5. The first-order chi connectivity index (χ1) is 12.4. The number of anilines is 1. The third-order valence-corrected chi connectivity index (χ3v) is 6.52. The van der Waals surface area contributed by atoms with Crippen LogP contribution in [0.5, 0.6) is 0 Å². The average Bonchev–Trinajstić information content (AvgIpc) is 3.15. The first-order valence-electron chi connectivity index (χ1n) is 8.33. The Morgan fingerprint density at radius 1 is 1.42 bits per heavy atom. The monoisotopic (exact) mass is 390 g/mol. The maximum atomic E-state index is 12.5. The van der Waals surface area contributed by atoms with E-state index in [1.807, 2.05) is 24.4 Å². The van der Waals surface area contributed by atoms with Crippen molar-refractivity contribution in [1.29, 1.82) is 0 Å². The van der Waals surface area contributed by atoms with Crippen LogP contribution in [0.1, 0.15) is 24.6 Å². The third-order valence-electron chi connectivity index (χ3n) is 4.74. The van der Waals surface area contributed by atoms with Crippen LogP contribution in [0.4, 0.5) is 9.93 Å². The first kappa shape index (κ1) is 17.2. The number of nitrogens with one attached hydrogen (secondary N) is 2. The number of aromatic nitrogens is 1. The minimum Gasteiger partial charge on any atom is -0.323 e. The molecule has 136 valence electrons. The first-order valence-corrected chi connectivity index (χ1v) is 10.0. The molecule has 4 rings (SSSR count). The Kier molecular flexibility index (Phi) is 4.07. The molecule has 1 saturated carbocycles. The minimum absolute atomic E-state index is 0.169. The lowest BCUT2D eigenvalue weighted by atomic mass is 9.96. The van der Waals surface area contributed by atoms with Crippen molar-refractivity contribution in [2.75, 3.05) is 11.9 Å².